The predicted octanol–water partition coefficient (Wildman–Crippen LogP) is 1.04. The summed E-state index contributed by atoms with van der Waals surface area (Å²) in [6.07, 6.45) is 0.749. The maximum Gasteiger partial charge on any atom is 0.408 e. The second-order valence-electron chi connectivity index (χ2n) is 11.8. The third-order valence-electron chi connectivity index (χ3n) is 5.03. The van der Waals surface area contributed by atoms with Gasteiger partial charge < -0.3 is 41.6 Å². The molecule has 0 unspecified atom stereocenters. The molecular weight excluding hydrogens is 510 g/mol. The highest BCUT2D eigenvalue weighted by Crippen LogP contribution is 2.10. The molecule has 0 saturated carbocycles. The van der Waals surface area contributed by atoms with E-state index in [4.69, 9.17) is 15.2 Å². The van der Waals surface area contributed by atoms with Crippen LogP contribution >= 0.6 is 0 Å². The number of hydrogen-bond acceptors (Lipinski definition) is 8. The van der Waals surface area contributed by atoms with Crippen LogP contribution in [0.1, 0.15) is 81.1 Å². The number of amides is 4. The molecule has 0 fully saturated rings. The van der Waals surface area contributed by atoms with Gasteiger partial charge >= 0.3 is 12.1 Å². The molecule has 0 aliphatic rings. The molecule has 0 aliphatic heterocycles. The Bertz CT molecular complexity index is 820. The molecule has 0 aromatic heterocycles. The lowest BCUT2D eigenvalue weighted by Gasteiger charge is -2.28. The first-order valence-electron chi connectivity index (χ1n) is 13.3. The Balaban J connectivity index is 5.53. The monoisotopic (exact) mass is 559 g/mol. The van der Waals surface area contributed by atoms with Crippen molar-refractivity contribution in [2.24, 2.45) is 11.7 Å². The zero-order valence-corrected chi connectivity index (χ0v) is 24.6. The van der Waals surface area contributed by atoms with Crippen LogP contribution in [0, 0.1) is 5.92 Å². The molecule has 0 bridgehead atoms. The van der Waals surface area contributed by atoms with E-state index in [2.05, 4.69) is 21.3 Å². The highest BCUT2D eigenvalue weighted by Gasteiger charge is 2.31. The molecule has 0 radical (unpaired) electrons. The number of unbranched alkanes of at least 4 members (excludes halogenated alkanes) is 1. The highest BCUT2D eigenvalue weighted by molar-refractivity contribution is 5.94. The molecule has 0 saturated heterocycles. The Morgan fingerprint density at radius 1 is 0.821 bits per heavy atom. The van der Waals surface area contributed by atoms with Gasteiger partial charge in [0.15, 0.2) is 0 Å². The molecule has 226 valence electrons. The molecule has 39 heavy (non-hydrogen) atoms. The van der Waals surface area contributed by atoms with Crippen molar-refractivity contribution in [3.05, 3.63) is 0 Å². The number of carbonyl (C=O) groups is 5. The second-order valence-corrected chi connectivity index (χ2v) is 11.8. The molecular formula is C26H49N5O8. The number of carboxylic acid groups (broad SMARTS) is 1. The van der Waals surface area contributed by atoms with Crippen molar-refractivity contribution < 1.29 is 38.6 Å². The van der Waals surface area contributed by atoms with Crippen molar-refractivity contribution in [3.63, 3.8) is 0 Å². The first-order valence-corrected chi connectivity index (χ1v) is 13.3. The number of nitrogens with two attached hydrogens (primary N) is 1. The van der Waals surface area contributed by atoms with Gasteiger partial charge in [-0.3, -0.25) is 14.4 Å². The molecule has 0 rings (SSSR count). The van der Waals surface area contributed by atoms with Crippen molar-refractivity contribution in [2.45, 2.75) is 110 Å². The molecule has 13 heteroatoms. The normalized spacial score (nSPS) is 14.1. The number of aliphatic carboxylic acids is 1. The summed E-state index contributed by atoms with van der Waals surface area (Å²) in [5.41, 5.74) is 4.09. The third kappa shape index (κ3) is 18.1. The fraction of sp³-hybridized carbons (Fsp3) is 0.808. The van der Waals surface area contributed by atoms with Gasteiger partial charge in [-0.2, -0.15) is 0 Å². The molecule has 4 amide bonds. The Morgan fingerprint density at radius 3 is 1.87 bits per heavy atom. The van der Waals surface area contributed by atoms with E-state index in [1.807, 2.05) is 13.8 Å². The summed E-state index contributed by atoms with van der Waals surface area (Å²) in [5, 5.41) is 19.5. The van der Waals surface area contributed by atoms with Crippen molar-refractivity contribution in [1.29, 1.82) is 0 Å². The molecule has 0 aromatic rings. The second kappa shape index (κ2) is 16.9. The minimum atomic E-state index is -1.22. The number of rotatable bonds is 16. The van der Waals surface area contributed by atoms with Crippen molar-refractivity contribution in [2.75, 3.05) is 19.7 Å². The summed E-state index contributed by atoms with van der Waals surface area (Å²) in [4.78, 5) is 62.3. The van der Waals surface area contributed by atoms with Crippen molar-refractivity contribution in [1.82, 2.24) is 21.3 Å². The van der Waals surface area contributed by atoms with Crippen LogP contribution < -0.4 is 27.0 Å². The molecule has 3 atom stereocenters. The van der Waals surface area contributed by atoms with Gasteiger partial charge in [-0.1, -0.05) is 13.8 Å². The van der Waals surface area contributed by atoms with Crippen LogP contribution in [0.4, 0.5) is 4.79 Å². The predicted molar refractivity (Wildman–Crippen MR) is 146 cm³/mol. The number of nitrogens with one attached hydrogen (secondary N) is 4. The standard InChI is InChI=1S/C26H49N5O8/c1-16(2)13-18(29-20(32)14-28-24(37)39-26(6,7)8)21(33)31-19(15-38-25(3,4)5)22(34)30-17(23(35)36)11-9-10-12-27/h16-19H,9-15,27H2,1-8H3,(H,28,37)(H,29,32)(H,30,34)(H,31,33)(H,35,36)/t17-,18-,19-/m0/s1. The number of hydrogen-bond donors (Lipinski definition) is 6. The lowest BCUT2D eigenvalue weighted by Crippen LogP contribution is -2.58. The fourth-order valence-corrected chi connectivity index (χ4v) is 3.23. The van der Waals surface area contributed by atoms with E-state index < -0.39 is 65.7 Å². The first-order chi connectivity index (χ1) is 17.8. The highest BCUT2D eigenvalue weighted by atomic mass is 16.6. The lowest BCUT2D eigenvalue weighted by atomic mass is 10.0. The fourth-order valence-electron chi connectivity index (χ4n) is 3.23. The van der Waals surface area contributed by atoms with Crippen LogP contribution in [0.2, 0.25) is 0 Å². The van der Waals surface area contributed by atoms with Gasteiger partial charge in [-0.05, 0) is 79.7 Å². The zero-order valence-electron chi connectivity index (χ0n) is 24.6. The third-order valence-corrected chi connectivity index (χ3v) is 5.03. The van der Waals surface area contributed by atoms with Gasteiger partial charge in [-0.15, -0.1) is 0 Å². The zero-order chi connectivity index (χ0) is 30.4. The smallest absolute Gasteiger partial charge is 0.408 e. The minimum Gasteiger partial charge on any atom is -0.480 e. The van der Waals surface area contributed by atoms with Gasteiger partial charge in [0.25, 0.3) is 0 Å². The summed E-state index contributed by atoms with van der Waals surface area (Å²) in [7, 11) is 0. The Labute approximate surface area is 231 Å². The lowest BCUT2D eigenvalue weighted by molar-refractivity contribution is -0.143. The van der Waals surface area contributed by atoms with E-state index >= 15 is 0 Å². The van der Waals surface area contributed by atoms with Crippen molar-refractivity contribution in [3.8, 4) is 0 Å². The van der Waals surface area contributed by atoms with E-state index in [0.717, 1.165) is 0 Å². The van der Waals surface area contributed by atoms with Gasteiger partial charge in [0.2, 0.25) is 17.7 Å². The maximum absolute atomic E-state index is 13.2. The Morgan fingerprint density at radius 2 is 1.38 bits per heavy atom. The topological polar surface area (TPSA) is 198 Å². The van der Waals surface area contributed by atoms with Crippen LogP contribution in [0.15, 0.2) is 0 Å². The molecule has 7 N–H and O–H groups in total. The van der Waals surface area contributed by atoms with Crippen molar-refractivity contribution >= 4 is 29.8 Å². The summed E-state index contributed by atoms with van der Waals surface area (Å²) in [6, 6.07) is -3.41. The van der Waals surface area contributed by atoms with E-state index in [1.165, 1.54) is 0 Å². The Kier molecular flexibility index (Phi) is 15.6. The van der Waals surface area contributed by atoms with Crippen LogP contribution in [0.25, 0.3) is 0 Å². The van der Waals surface area contributed by atoms with E-state index in [-0.39, 0.29) is 25.4 Å². The summed E-state index contributed by atoms with van der Waals surface area (Å²) in [5.74, 6) is -3.21. The van der Waals surface area contributed by atoms with E-state index in [9.17, 15) is 29.1 Å². The van der Waals surface area contributed by atoms with Gasteiger partial charge in [0, 0.05) is 0 Å². The average Bonchev–Trinajstić information content (AvgIpc) is 2.77. The quantitative estimate of drug-likeness (QED) is 0.150. The van der Waals surface area contributed by atoms with Crippen LogP contribution in [0.5, 0.6) is 0 Å². The molecule has 0 aromatic carbocycles. The van der Waals surface area contributed by atoms with Gasteiger partial charge in [0.1, 0.15) is 30.3 Å². The molecule has 13 nitrogen and oxygen atoms in total. The molecule has 0 heterocycles. The molecule has 0 aliphatic carbocycles. The van der Waals surface area contributed by atoms with Crippen LogP contribution in [-0.2, 0) is 28.7 Å². The van der Waals surface area contributed by atoms with Gasteiger partial charge in [0.05, 0.1) is 12.2 Å². The largest absolute Gasteiger partial charge is 0.480 e. The first kappa shape index (κ1) is 36.1. The number of carboxylic acids is 1. The number of alkyl carbamates (subject to hydrolysis) is 1. The Hall–Kier alpha value is -2.93. The van der Waals surface area contributed by atoms with Crippen LogP contribution in [0.3, 0.4) is 0 Å². The maximum atomic E-state index is 13.2. The van der Waals surface area contributed by atoms with E-state index in [1.54, 1.807) is 41.5 Å². The summed E-state index contributed by atoms with van der Waals surface area (Å²) >= 11 is 0. The molecule has 0 spiro atoms. The van der Waals surface area contributed by atoms with E-state index in [0.29, 0.717) is 19.4 Å². The summed E-state index contributed by atoms with van der Waals surface area (Å²) < 4.78 is 10.8. The van der Waals surface area contributed by atoms with Crippen LogP contribution in [-0.4, -0.2) is 83.9 Å². The number of ether oxygens (including phenoxy) is 2. The van der Waals surface area contributed by atoms with Gasteiger partial charge in [-0.25, -0.2) is 9.59 Å². The summed E-state index contributed by atoms with van der Waals surface area (Å²) in [6.45, 7) is 13.8. The number of carbonyl (C=O) groups excluding carboxylic acids is 4. The SMILES string of the molecule is CC(C)C[C@H](NC(=O)CNC(=O)OC(C)(C)C)C(=O)N[C@@H](COC(C)(C)C)C(=O)N[C@@H](CCCCN)C(=O)O. The average molecular weight is 560 g/mol. The minimum absolute atomic E-state index is 0.00287.